The zero-order chi connectivity index (χ0) is 27.4. The molecule has 5 rings (SSSR count). The first kappa shape index (κ1) is 26.5. The predicted octanol–water partition coefficient (Wildman–Crippen LogP) is 4.18. The molecular weight excluding hydrogens is 540 g/mol. The number of benzene rings is 2. The molecule has 1 amide bonds. The van der Waals surface area contributed by atoms with E-state index in [0.717, 1.165) is 11.1 Å². The van der Waals surface area contributed by atoms with Crippen molar-refractivity contribution in [1.29, 1.82) is 0 Å². The molecule has 0 unspecified atom stereocenters. The molecule has 13 heteroatoms. The largest absolute Gasteiger partial charge is 0.418 e. The van der Waals surface area contributed by atoms with E-state index in [0.29, 0.717) is 42.1 Å². The fraction of sp³-hybridized carbons (Fsp3) is 0.231. The van der Waals surface area contributed by atoms with Crippen LogP contribution in [0.4, 0.5) is 16.0 Å². The number of anilines is 3. The summed E-state index contributed by atoms with van der Waals surface area (Å²) in [6.07, 6.45) is 1.29. The second kappa shape index (κ2) is 11.4. The first-order valence-electron chi connectivity index (χ1n) is 12.1. The Balaban J connectivity index is 1.43. The summed E-state index contributed by atoms with van der Waals surface area (Å²) in [6, 6.07) is 16.0. The van der Waals surface area contributed by atoms with Gasteiger partial charge in [-0.05, 0) is 19.1 Å². The zero-order valence-corrected chi connectivity index (χ0v) is 22.9. The van der Waals surface area contributed by atoms with Crippen LogP contribution in [0.25, 0.3) is 11.3 Å². The Labute approximate surface area is 229 Å². The number of sulfone groups is 1. The molecule has 39 heavy (non-hydrogen) atoms. The summed E-state index contributed by atoms with van der Waals surface area (Å²) in [5.74, 6) is -0.0610. The molecule has 0 radical (unpaired) electrons. The van der Waals surface area contributed by atoms with Gasteiger partial charge in [0, 0.05) is 25.6 Å². The summed E-state index contributed by atoms with van der Waals surface area (Å²) in [5, 5.41) is 7.78. The van der Waals surface area contributed by atoms with Gasteiger partial charge in [-0.15, -0.1) is 0 Å². The van der Waals surface area contributed by atoms with Crippen molar-refractivity contribution in [1.82, 2.24) is 9.97 Å². The van der Waals surface area contributed by atoms with Crippen molar-refractivity contribution in [3.05, 3.63) is 66.1 Å². The number of rotatable bonds is 8. The topological polar surface area (TPSA) is 139 Å². The molecule has 4 aromatic rings. The van der Waals surface area contributed by atoms with E-state index in [1.165, 1.54) is 24.5 Å². The molecule has 0 spiro atoms. The number of aryl methyl sites for hydroxylation is 1. The molecule has 11 nitrogen and oxygen atoms in total. The molecule has 1 saturated heterocycles. The first-order valence-corrected chi connectivity index (χ1v) is 14.4. The van der Waals surface area contributed by atoms with Gasteiger partial charge in [-0.1, -0.05) is 59.4 Å². The Bertz CT molecular complexity index is 1590. The minimum atomic E-state index is -3.96. The lowest BCUT2D eigenvalue weighted by Gasteiger charge is -2.26. The van der Waals surface area contributed by atoms with Crippen molar-refractivity contribution in [3.8, 4) is 11.3 Å². The number of aromatic nitrogens is 2. The summed E-state index contributed by atoms with van der Waals surface area (Å²) >= 11 is 1.21. The molecule has 0 aliphatic carbocycles. The van der Waals surface area contributed by atoms with Gasteiger partial charge in [0.15, 0.2) is 0 Å². The minimum Gasteiger partial charge on any atom is -0.418 e. The number of carbonyl (C=O) groups excluding carboxylic acids is 1. The van der Waals surface area contributed by atoms with Gasteiger partial charge in [0.2, 0.25) is 37.7 Å². The van der Waals surface area contributed by atoms with Crippen molar-refractivity contribution in [3.63, 3.8) is 0 Å². The smallest absolute Gasteiger partial charge is 0.243 e. The van der Waals surface area contributed by atoms with Crippen molar-refractivity contribution in [2.24, 2.45) is 5.10 Å². The van der Waals surface area contributed by atoms with Gasteiger partial charge in [0.25, 0.3) is 0 Å². The van der Waals surface area contributed by atoms with E-state index in [1.54, 1.807) is 29.2 Å². The molecular formula is C26H26N6O5S2. The Morgan fingerprint density at radius 2 is 1.79 bits per heavy atom. The standard InChI is InChI=1S/C26H26N6O5S2/c1-17-8-10-20(11-9-17)39(34,35)24-25(32-12-14-36-15-13-32)37-21(29-24)16-27-31-26-30-22(19-6-4-3-5-7-19)23(38-26)28-18(2)33/h3-11,16H,12-15H2,1-2H3,(H,28,33)(H,30,31)/b27-16+. The van der Waals surface area contributed by atoms with Gasteiger partial charge in [0.05, 0.1) is 18.1 Å². The van der Waals surface area contributed by atoms with Gasteiger partial charge in [-0.2, -0.15) is 10.1 Å². The lowest BCUT2D eigenvalue weighted by Crippen LogP contribution is -2.36. The number of oxazole rings is 1. The molecule has 1 aliphatic heterocycles. The highest BCUT2D eigenvalue weighted by Gasteiger charge is 2.31. The maximum atomic E-state index is 13.5. The van der Waals surface area contributed by atoms with E-state index in [1.807, 2.05) is 37.3 Å². The Morgan fingerprint density at radius 1 is 1.08 bits per heavy atom. The number of morpholine rings is 1. The van der Waals surface area contributed by atoms with Crippen LogP contribution >= 0.6 is 11.3 Å². The van der Waals surface area contributed by atoms with Crippen molar-refractivity contribution >= 4 is 49.3 Å². The van der Waals surface area contributed by atoms with Crippen LogP contribution in [0.1, 0.15) is 18.4 Å². The van der Waals surface area contributed by atoms with Gasteiger partial charge >= 0.3 is 0 Å². The van der Waals surface area contributed by atoms with Crippen LogP contribution in [-0.2, 0) is 19.4 Å². The second-order valence-corrected chi connectivity index (χ2v) is 11.6. The van der Waals surface area contributed by atoms with E-state index < -0.39 is 9.84 Å². The Hall–Kier alpha value is -4.07. The maximum absolute atomic E-state index is 13.5. The van der Waals surface area contributed by atoms with Crippen molar-refractivity contribution < 1.29 is 22.4 Å². The number of hydrogen-bond donors (Lipinski definition) is 2. The highest BCUT2D eigenvalue weighted by atomic mass is 32.2. The number of hydrazone groups is 1. The summed E-state index contributed by atoms with van der Waals surface area (Å²) < 4.78 is 38.3. The van der Waals surface area contributed by atoms with Gasteiger partial charge in [-0.25, -0.2) is 13.4 Å². The van der Waals surface area contributed by atoms with Crippen LogP contribution in [0.2, 0.25) is 0 Å². The monoisotopic (exact) mass is 566 g/mol. The van der Waals surface area contributed by atoms with Crippen LogP contribution < -0.4 is 15.6 Å². The van der Waals surface area contributed by atoms with Crippen LogP contribution in [-0.4, -0.2) is 56.8 Å². The fourth-order valence-electron chi connectivity index (χ4n) is 3.89. The quantitative estimate of drug-likeness (QED) is 0.237. The molecule has 2 aromatic carbocycles. The fourth-order valence-corrected chi connectivity index (χ4v) is 6.10. The zero-order valence-electron chi connectivity index (χ0n) is 21.2. The molecule has 1 fully saturated rings. The predicted molar refractivity (Wildman–Crippen MR) is 149 cm³/mol. The molecule has 1 aliphatic rings. The average Bonchev–Trinajstić information content (AvgIpc) is 3.54. The third-order valence-corrected chi connectivity index (χ3v) is 8.32. The summed E-state index contributed by atoms with van der Waals surface area (Å²) in [6.45, 7) is 5.13. The number of carbonyl (C=O) groups is 1. The second-order valence-electron chi connectivity index (χ2n) is 8.69. The van der Waals surface area contributed by atoms with Crippen molar-refractivity contribution in [2.75, 3.05) is 41.9 Å². The molecule has 3 heterocycles. The first-order chi connectivity index (χ1) is 18.8. The summed E-state index contributed by atoms with van der Waals surface area (Å²) in [4.78, 5) is 22.5. The molecule has 0 saturated carbocycles. The lowest BCUT2D eigenvalue weighted by atomic mass is 10.2. The van der Waals surface area contributed by atoms with Crippen LogP contribution in [0.5, 0.6) is 0 Å². The number of hydrogen-bond acceptors (Lipinski definition) is 11. The van der Waals surface area contributed by atoms with Gasteiger partial charge in [-0.3, -0.25) is 10.2 Å². The van der Waals surface area contributed by atoms with Crippen LogP contribution in [0.3, 0.4) is 0 Å². The van der Waals surface area contributed by atoms with E-state index >= 15 is 0 Å². The maximum Gasteiger partial charge on any atom is 0.243 e. The van der Waals surface area contributed by atoms with E-state index in [2.05, 4.69) is 25.8 Å². The van der Waals surface area contributed by atoms with Gasteiger partial charge in [0.1, 0.15) is 16.9 Å². The highest BCUT2D eigenvalue weighted by molar-refractivity contribution is 7.91. The number of amides is 1. The average molecular weight is 567 g/mol. The summed E-state index contributed by atoms with van der Waals surface area (Å²) in [5.41, 5.74) is 5.21. The summed E-state index contributed by atoms with van der Waals surface area (Å²) in [7, 11) is -3.96. The number of ether oxygens (including phenoxy) is 1. The third-order valence-electron chi connectivity index (χ3n) is 5.78. The normalized spacial score (nSPS) is 14.1. The molecule has 0 bridgehead atoms. The van der Waals surface area contributed by atoms with Crippen molar-refractivity contribution in [2.45, 2.75) is 23.8 Å². The number of nitrogens with one attached hydrogen (secondary N) is 2. The molecule has 0 atom stereocenters. The van der Waals surface area contributed by atoms with Crippen LogP contribution in [0, 0.1) is 6.92 Å². The highest BCUT2D eigenvalue weighted by Crippen LogP contribution is 2.36. The number of thiazole rings is 1. The van der Waals surface area contributed by atoms with E-state index in [9.17, 15) is 13.2 Å². The van der Waals surface area contributed by atoms with Gasteiger partial charge < -0.3 is 19.4 Å². The minimum absolute atomic E-state index is 0.0107. The number of nitrogens with zero attached hydrogens (tertiary/aromatic N) is 4. The van der Waals surface area contributed by atoms with Crippen LogP contribution in [0.15, 0.2) is 74.0 Å². The Morgan fingerprint density at radius 3 is 2.49 bits per heavy atom. The SMILES string of the molecule is CC(=O)Nc1sc(N/N=C/c2nc(S(=O)(=O)c3ccc(C)cc3)c(N3CCOCC3)o2)nc1-c1ccccc1. The lowest BCUT2D eigenvalue weighted by molar-refractivity contribution is -0.114. The van der Waals surface area contributed by atoms with E-state index in [4.69, 9.17) is 9.15 Å². The molecule has 2 aromatic heterocycles. The molecule has 2 N–H and O–H groups in total. The third kappa shape index (κ3) is 6.00. The van der Waals surface area contributed by atoms with E-state index in [-0.39, 0.29) is 27.6 Å². The Kier molecular flexibility index (Phi) is 7.72. The molecule has 202 valence electrons.